The highest BCUT2D eigenvalue weighted by Crippen LogP contribution is 2.05. The molecule has 1 N–H and O–H groups in total. The van der Waals surface area contributed by atoms with Crippen LogP contribution in [0.3, 0.4) is 0 Å². The Labute approximate surface area is 119 Å². The van der Waals surface area contributed by atoms with Gasteiger partial charge in [0, 0.05) is 6.42 Å². The van der Waals surface area contributed by atoms with E-state index in [1.54, 1.807) is 0 Å². The summed E-state index contributed by atoms with van der Waals surface area (Å²) in [4.78, 5) is 23.4. The average Bonchev–Trinajstić information content (AvgIpc) is 2.47. The van der Waals surface area contributed by atoms with E-state index in [9.17, 15) is 9.59 Å². The molecule has 4 heteroatoms. The summed E-state index contributed by atoms with van der Waals surface area (Å²) >= 11 is 0. The van der Waals surface area contributed by atoms with Gasteiger partial charge in [0.1, 0.15) is 6.04 Å². The zero-order valence-electron chi connectivity index (χ0n) is 11.8. The quantitative estimate of drug-likeness (QED) is 0.450. The van der Waals surface area contributed by atoms with E-state index in [1.165, 1.54) is 0 Å². The molecular formula is C16H21NO3. The van der Waals surface area contributed by atoms with Crippen LogP contribution < -0.4 is 5.32 Å². The van der Waals surface area contributed by atoms with E-state index in [2.05, 4.69) is 11.9 Å². The third-order valence-corrected chi connectivity index (χ3v) is 2.81. The van der Waals surface area contributed by atoms with Crippen molar-refractivity contribution in [2.75, 3.05) is 6.61 Å². The second-order valence-electron chi connectivity index (χ2n) is 4.48. The van der Waals surface area contributed by atoms with Gasteiger partial charge in [-0.05, 0) is 18.1 Å². The van der Waals surface area contributed by atoms with Gasteiger partial charge >= 0.3 is 5.97 Å². The fraction of sp³-hybridized carbons (Fsp3) is 0.375. The molecule has 0 aliphatic carbocycles. The highest BCUT2D eigenvalue weighted by Gasteiger charge is 2.21. The molecule has 0 aliphatic rings. The first-order valence-electron chi connectivity index (χ1n) is 6.80. The van der Waals surface area contributed by atoms with Crippen LogP contribution >= 0.6 is 0 Å². The minimum atomic E-state index is -0.681. The molecule has 1 aromatic carbocycles. The smallest absolute Gasteiger partial charge is 0.328 e. The Kier molecular flexibility index (Phi) is 7.11. The molecule has 0 aromatic heterocycles. The topological polar surface area (TPSA) is 55.4 Å². The largest absolute Gasteiger partial charge is 0.464 e. The van der Waals surface area contributed by atoms with Gasteiger partial charge in [0.05, 0.1) is 6.61 Å². The number of unbranched alkanes of at least 4 members (excludes halogenated alkanes) is 1. The van der Waals surface area contributed by atoms with Crippen LogP contribution in [-0.2, 0) is 20.7 Å². The summed E-state index contributed by atoms with van der Waals surface area (Å²) in [5, 5.41) is 2.61. The highest BCUT2D eigenvalue weighted by atomic mass is 16.5. The number of carbonyl (C=O) groups excluding carboxylic acids is 2. The molecule has 108 valence electrons. The lowest BCUT2D eigenvalue weighted by molar-refractivity contribution is -0.147. The number of ether oxygens (including phenoxy) is 1. The lowest BCUT2D eigenvalue weighted by Crippen LogP contribution is -2.42. The van der Waals surface area contributed by atoms with E-state index in [4.69, 9.17) is 4.74 Å². The number of carbonyl (C=O) groups is 2. The van der Waals surface area contributed by atoms with Crippen LogP contribution in [0.5, 0.6) is 0 Å². The fourth-order valence-corrected chi connectivity index (χ4v) is 1.69. The van der Waals surface area contributed by atoms with E-state index in [-0.39, 0.29) is 5.91 Å². The Morgan fingerprint density at radius 1 is 1.35 bits per heavy atom. The van der Waals surface area contributed by atoms with Crippen molar-refractivity contribution in [3.8, 4) is 0 Å². The van der Waals surface area contributed by atoms with Gasteiger partial charge in [-0.25, -0.2) is 4.79 Å². The number of hydrogen-bond donors (Lipinski definition) is 1. The summed E-state index contributed by atoms with van der Waals surface area (Å²) < 4.78 is 5.17. The van der Waals surface area contributed by atoms with Crippen molar-refractivity contribution < 1.29 is 14.3 Å². The second kappa shape index (κ2) is 8.91. The molecule has 1 amide bonds. The van der Waals surface area contributed by atoms with Crippen LogP contribution in [-0.4, -0.2) is 24.5 Å². The SMILES string of the molecule is C=CC(=O)N[C@@H](Cc1ccccc1)C(=O)OCCCC. The minimum Gasteiger partial charge on any atom is -0.464 e. The first-order chi connectivity index (χ1) is 9.67. The number of nitrogens with one attached hydrogen (secondary N) is 1. The average molecular weight is 275 g/mol. The molecule has 4 nitrogen and oxygen atoms in total. The molecule has 20 heavy (non-hydrogen) atoms. The maximum atomic E-state index is 12.0. The number of esters is 1. The Morgan fingerprint density at radius 3 is 2.65 bits per heavy atom. The molecular weight excluding hydrogens is 254 g/mol. The van der Waals surface area contributed by atoms with E-state index < -0.39 is 12.0 Å². The van der Waals surface area contributed by atoms with Crippen molar-refractivity contribution in [3.05, 3.63) is 48.6 Å². The van der Waals surface area contributed by atoms with Crippen molar-refractivity contribution in [2.24, 2.45) is 0 Å². The molecule has 0 unspecified atom stereocenters. The summed E-state index contributed by atoms with van der Waals surface area (Å²) in [6, 6.07) is 8.83. The first-order valence-corrected chi connectivity index (χ1v) is 6.80. The van der Waals surface area contributed by atoms with Crippen molar-refractivity contribution in [1.82, 2.24) is 5.32 Å². The van der Waals surface area contributed by atoms with Crippen molar-refractivity contribution in [3.63, 3.8) is 0 Å². The van der Waals surface area contributed by atoms with Gasteiger partial charge in [0.15, 0.2) is 0 Å². The number of benzene rings is 1. The van der Waals surface area contributed by atoms with Gasteiger partial charge in [0.2, 0.25) is 5.91 Å². The van der Waals surface area contributed by atoms with E-state index in [0.717, 1.165) is 24.5 Å². The molecule has 0 aliphatic heterocycles. The summed E-state index contributed by atoms with van der Waals surface area (Å²) in [7, 11) is 0. The monoisotopic (exact) mass is 275 g/mol. The predicted octanol–water partition coefficient (Wildman–Crippen LogP) is 2.24. The zero-order valence-corrected chi connectivity index (χ0v) is 11.8. The lowest BCUT2D eigenvalue weighted by atomic mass is 10.1. The highest BCUT2D eigenvalue weighted by molar-refractivity contribution is 5.91. The summed E-state index contributed by atoms with van der Waals surface area (Å²) in [6.45, 7) is 5.79. The van der Waals surface area contributed by atoms with E-state index in [1.807, 2.05) is 37.3 Å². The van der Waals surface area contributed by atoms with Gasteiger partial charge in [-0.2, -0.15) is 0 Å². The Bertz CT molecular complexity index is 442. The van der Waals surface area contributed by atoms with Gasteiger partial charge in [-0.1, -0.05) is 50.3 Å². The van der Waals surface area contributed by atoms with Crippen LogP contribution in [0.15, 0.2) is 43.0 Å². The molecule has 0 saturated heterocycles. The summed E-state index contributed by atoms with van der Waals surface area (Å²) in [5.41, 5.74) is 0.967. The van der Waals surface area contributed by atoms with Crippen LogP contribution in [0.25, 0.3) is 0 Å². The molecule has 1 aromatic rings. The van der Waals surface area contributed by atoms with Crippen molar-refractivity contribution in [1.29, 1.82) is 0 Å². The molecule has 0 heterocycles. The Balaban J connectivity index is 2.66. The number of hydrogen-bond acceptors (Lipinski definition) is 3. The fourth-order valence-electron chi connectivity index (χ4n) is 1.69. The van der Waals surface area contributed by atoms with Crippen LogP contribution in [0.4, 0.5) is 0 Å². The third-order valence-electron chi connectivity index (χ3n) is 2.81. The van der Waals surface area contributed by atoms with Crippen LogP contribution in [0.2, 0.25) is 0 Å². The molecule has 1 atom stereocenters. The normalized spacial score (nSPS) is 11.4. The molecule has 0 spiro atoms. The van der Waals surface area contributed by atoms with Crippen LogP contribution in [0, 0.1) is 0 Å². The third kappa shape index (κ3) is 5.69. The van der Waals surface area contributed by atoms with E-state index in [0.29, 0.717) is 13.0 Å². The Hall–Kier alpha value is -2.10. The second-order valence-corrected chi connectivity index (χ2v) is 4.48. The standard InChI is InChI=1S/C16H21NO3/c1-3-5-11-20-16(19)14(17-15(18)4-2)12-13-9-7-6-8-10-13/h4,6-10,14H,2-3,5,11-12H2,1H3,(H,17,18)/t14-/m0/s1. The summed E-state index contributed by atoms with van der Waals surface area (Å²) in [6.07, 6.45) is 3.33. The Morgan fingerprint density at radius 2 is 2.05 bits per heavy atom. The lowest BCUT2D eigenvalue weighted by Gasteiger charge is -2.17. The van der Waals surface area contributed by atoms with Gasteiger partial charge in [-0.3, -0.25) is 4.79 Å². The van der Waals surface area contributed by atoms with Gasteiger partial charge in [-0.15, -0.1) is 0 Å². The number of rotatable bonds is 8. The maximum absolute atomic E-state index is 12.0. The first kappa shape index (κ1) is 16.0. The van der Waals surface area contributed by atoms with Crippen molar-refractivity contribution in [2.45, 2.75) is 32.2 Å². The molecule has 0 bridgehead atoms. The summed E-state index contributed by atoms with van der Waals surface area (Å²) in [5.74, 6) is -0.782. The van der Waals surface area contributed by atoms with Gasteiger partial charge in [0.25, 0.3) is 0 Å². The number of amides is 1. The minimum absolute atomic E-state index is 0.377. The molecule has 0 fully saturated rings. The van der Waals surface area contributed by atoms with E-state index >= 15 is 0 Å². The molecule has 0 saturated carbocycles. The zero-order chi connectivity index (χ0) is 14.8. The predicted molar refractivity (Wildman–Crippen MR) is 78.1 cm³/mol. The van der Waals surface area contributed by atoms with Crippen molar-refractivity contribution >= 4 is 11.9 Å². The molecule has 1 rings (SSSR count). The van der Waals surface area contributed by atoms with Gasteiger partial charge < -0.3 is 10.1 Å². The van der Waals surface area contributed by atoms with Crippen LogP contribution in [0.1, 0.15) is 25.3 Å². The molecule has 0 radical (unpaired) electrons. The maximum Gasteiger partial charge on any atom is 0.328 e.